The van der Waals surface area contributed by atoms with E-state index in [1.165, 1.54) is 33.1 Å². The Balaban J connectivity index is 2.37. The number of pyridine rings is 1. The first-order valence-corrected chi connectivity index (χ1v) is 7.10. The molecule has 0 saturated heterocycles. The van der Waals surface area contributed by atoms with Gasteiger partial charge < -0.3 is 0 Å². The summed E-state index contributed by atoms with van der Waals surface area (Å²) in [6.07, 6.45) is 1.88. The normalized spacial score (nSPS) is 17.2. The van der Waals surface area contributed by atoms with Crippen LogP contribution in [-0.4, -0.2) is 9.55 Å². The summed E-state index contributed by atoms with van der Waals surface area (Å²) in [4.78, 5) is 4.63. The van der Waals surface area contributed by atoms with Gasteiger partial charge in [0.1, 0.15) is 5.65 Å². The third-order valence-electron chi connectivity index (χ3n) is 5.04. The molecule has 0 fully saturated rings. The molecular formula is C18H18N2. The fourth-order valence-electron chi connectivity index (χ4n) is 3.55. The van der Waals surface area contributed by atoms with Crippen LogP contribution in [0.2, 0.25) is 0 Å². The summed E-state index contributed by atoms with van der Waals surface area (Å²) in [5.41, 5.74) is 6.61. The average Bonchev–Trinajstić information content (AvgIpc) is 2.79. The number of fused-ring (bicyclic) bond motifs is 3. The number of aromatic nitrogens is 2. The topological polar surface area (TPSA) is 17.8 Å². The highest BCUT2D eigenvalue weighted by Crippen LogP contribution is 2.45. The second-order valence-electron chi connectivity index (χ2n) is 6.25. The van der Waals surface area contributed by atoms with Crippen molar-refractivity contribution in [3.63, 3.8) is 0 Å². The van der Waals surface area contributed by atoms with Crippen molar-refractivity contribution in [1.82, 2.24) is 9.55 Å². The molecule has 0 unspecified atom stereocenters. The summed E-state index contributed by atoms with van der Waals surface area (Å²) in [5, 5.41) is 2.56. The minimum atomic E-state index is 0.0774. The van der Waals surface area contributed by atoms with Gasteiger partial charge in [-0.05, 0) is 37.1 Å². The minimum Gasteiger partial charge on any atom is -0.298 e. The zero-order chi connectivity index (χ0) is 14.1. The number of hydrogen-bond acceptors (Lipinski definition) is 1. The Morgan fingerprint density at radius 2 is 1.75 bits per heavy atom. The number of allylic oxidation sites excluding steroid dienone is 2. The van der Waals surface area contributed by atoms with E-state index in [0.717, 1.165) is 5.65 Å². The molecule has 0 spiro atoms. The summed E-state index contributed by atoms with van der Waals surface area (Å²) in [7, 11) is 0. The van der Waals surface area contributed by atoms with E-state index in [2.05, 4.69) is 61.5 Å². The van der Waals surface area contributed by atoms with Gasteiger partial charge in [-0.15, -0.1) is 0 Å². The van der Waals surface area contributed by atoms with Crippen molar-refractivity contribution in [3.05, 3.63) is 47.7 Å². The maximum Gasteiger partial charge on any atom is 0.145 e. The first kappa shape index (κ1) is 11.7. The van der Waals surface area contributed by atoms with Crippen molar-refractivity contribution >= 4 is 27.6 Å². The highest BCUT2D eigenvalue weighted by molar-refractivity contribution is 6.10. The lowest BCUT2D eigenvalue weighted by molar-refractivity contribution is 0.616. The van der Waals surface area contributed by atoms with Crippen LogP contribution in [-0.2, 0) is 5.41 Å². The molecule has 0 aliphatic carbocycles. The van der Waals surface area contributed by atoms with E-state index in [0.29, 0.717) is 0 Å². The van der Waals surface area contributed by atoms with Crippen molar-refractivity contribution in [1.29, 1.82) is 0 Å². The first-order valence-electron chi connectivity index (χ1n) is 7.10. The molecule has 2 nitrogen and oxygen atoms in total. The number of hydrogen-bond donors (Lipinski definition) is 0. The van der Waals surface area contributed by atoms with E-state index in [1.54, 1.807) is 0 Å². The third kappa shape index (κ3) is 1.17. The van der Waals surface area contributed by atoms with Crippen LogP contribution in [0.3, 0.4) is 0 Å². The Hall–Kier alpha value is -2.09. The second-order valence-corrected chi connectivity index (χ2v) is 6.25. The number of benzene rings is 1. The predicted molar refractivity (Wildman–Crippen MR) is 84.8 cm³/mol. The molecule has 2 aromatic heterocycles. The number of rotatable bonds is 0. The molecule has 100 valence electrons. The van der Waals surface area contributed by atoms with Gasteiger partial charge in [0.05, 0.1) is 5.52 Å². The summed E-state index contributed by atoms with van der Waals surface area (Å²) in [6.45, 7) is 9.08. The van der Waals surface area contributed by atoms with Gasteiger partial charge in [0.2, 0.25) is 0 Å². The molecule has 4 rings (SSSR count). The second kappa shape index (κ2) is 3.51. The molecule has 0 saturated carbocycles. The van der Waals surface area contributed by atoms with Crippen molar-refractivity contribution in [3.8, 4) is 0 Å². The Labute approximate surface area is 118 Å². The largest absolute Gasteiger partial charge is 0.298 e. The third-order valence-corrected chi connectivity index (χ3v) is 5.04. The maximum absolute atomic E-state index is 4.63. The van der Waals surface area contributed by atoms with Gasteiger partial charge in [0.15, 0.2) is 0 Å². The lowest BCUT2D eigenvalue weighted by Gasteiger charge is -2.34. The predicted octanol–water partition coefficient (Wildman–Crippen LogP) is 4.73. The molecule has 1 aliphatic rings. The zero-order valence-electron chi connectivity index (χ0n) is 12.4. The standard InChI is InChI=1S/C18H18N2/c1-11-12(2)20-16-13(14-8-6-10-19-17(14)20)7-5-9-15(16)18(11,3)4/h5-10H,1-4H3. The number of nitrogens with zero attached hydrogens (tertiary/aromatic N) is 2. The molecule has 1 aromatic carbocycles. The molecule has 0 bridgehead atoms. The van der Waals surface area contributed by atoms with Crippen molar-refractivity contribution in [2.75, 3.05) is 0 Å². The fraction of sp³-hybridized carbons (Fsp3) is 0.278. The van der Waals surface area contributed by atoms with Crippen LogP contribution >= 0.6 is 0 Å². The summed E-state index contributed by atoms with van der Waals surface area (Å²) in [5.74, 6) is 0. The summed E-state index contributed by atoms with van der Waals surface area (Å²) in [6, 6.07) is 10.8. The smallest absolute Gasteiger partial charge is 0.145 e. The van der Waals surface area contributed by atoms with E-state index >= 15 is 0 Å². The molecule has 0 amide bonds. The zero-order valence-corrected chi connectivity index (χ0v) is 12.4. The van der Waals surface area contributed by atoms with Crippen LogP contribution in [0.4, 0.5) is 0 Å². The lowest BCUT2D eigenvalue weighted by atomic mass is 9.75. The Morgan fingerprint density at radius 3 is 2.55 bits per heavy atom. The first-order chi connectivity index (χ1) is 9.53. The molecule has 3 heterocycles. The molecule has 0 radical (unpaired) electrons. The van der Waals surface area contributed by atoms with Crippen LogP contribution in [0.25, 0.3) is 27.6 Å². The number of para-hydroxylation sites is 1. The highest BCUT2D eigenvalue weighted by atomic mass is 15.1. The van der Waals surface area contributed by atoms with Gasteiger partial charge >= 0.3 is 0 Å². The Morgan fingerprint density at radius 1 is 1.00 bits per heavy atom. The molecule has 0 N–H and O–H groups in total. The van der Waals surface area contributed by atoms with Crippen molar-refractivity contribution in [2.24, 2.45) is 0 Å². The van der Waals surface area contributed by atoms with Gasteiger partial charge in [0, 0.05) is 28.1 Å². The van der Waals surface area contributed by atoms with Crippen LogP contribution in [0.5, 0.6) is 0 Å². The van der Waals surface area contributed by atoms with Crippen LogP contribution < -0.4 is 0 Å². The Bertz CT molecular complexity index is 894. The quantitative estimate of drug-likeness (QED) is 0.572. The van der Waals surface area contributed by atoms with E-state index in [-0.39, 0.29) is 5.41 Å². The van der Waals surface area contributed by atoms with E-state index in [1.807, 2.05) is 12.3 Å². The SMILES string of the molecule is CC1=C(C)C(C)(C)c2cccc3c4cccnc4n1c23. The van der Waals surface area contributed by atoms with E-state index in [4.69, 9.17) is 0 Å². The van der Waals surface area contributed by atoms with Crippen LogP contribution in [0.15, 0.2) is 42.1 Å². The molecule has 3 aromatic rings. The highest BCUT2D eigenvalue weighted by Gasteiger charge is 2.33. The molecule has 2 heteroatoms. The van der Waals surface area contributed by atoms with E-state index in [9.17, 15) is 0 Å². The van der Waals surface area contributed by atoms with Crippen molar-refractivity contribution < 1.29 is 0 Å². The van der Waals surface area contributed by atoms with Crippen LogP contribution in [0.1, 0.15) is 33.3 Å². The van der Waals surface area contributed by atoms with Crippen molar-refractivity contribution in [2.45, 2.75) is 33.1 Å². The summed E-state index contributed by atoms with van der Waals surface area (Å²) < 4.78 is 2.33. The molecule has 1 aliphatic heterocycles. The van der Waals surface area contributed by atoms with Gasteiger partial charge in [-0.1, -0.05) is 32.0 Å². The van der Waals surface area contributed by atoms with E-state index < -0.39 is 0 Å². The van der Waals surface area contributed by atoms with Gasteiger partial charge in [0.25, 0.3) is 0 Å². The monoisotopic (exact) mass is 262 g/mol. The van der Waals surface area contributed by atoms with Gasteiger partial charge in [-0.25, -0.2) is 4.98 Å². The average molecular weight is 262 g/mol. The Kier molecular flexibility index (Phi) is 2.06. The summed E-state index contributed by atoms with van der Waals surface area (Å²) >= 11 is 0. The molecule has 0 atom stereocenters. The maximum atomic E-state index is 4.63. The van der Waals surface area contributed by atoms with Crippen LogP contribution in [0, 0.1) is 0 Å². The lowest BCUT2D eigenvalue weighted by Crippen LogP contribution is -2.25. The molecule has 20 heavy (non-hydrogen) atoms. The molecular weight excluding hydrogens is 244 g/mol. The van der Waals surface area contributed by atoms with Gasteiger partial charge in [-0.2, -0.15) is 0 Å². The van der Waals surface area contributed by atoms with Gasteiger partial charge in [-0.3, -0.25) is 4.57 Å². The fourth-order valence-corrected chi connectivity index (χ4v) is 3.55. The minimum absolute atomic E-state index is 0.0774.